The van der Waals surface area contributed by atoms with Gasteiger partial charge in [-0.15, -0.1) is 0 Å². The fourth-order valence-electron chi connectivity index (χ4n) is 1.69. The second-order valence-corrected chi connectivity index (χ2v) is 3.78. The highest BCUT2D eigenvalue weighted by molar-refractivity contribution is 5.40. The van der Waals surface area contributed by atoms with Gasteiger partial charge in [0, 0.05) is 0 Å². The molecule has 0 bridgehead atoms. The quantitative estimate of drug-likeness (QED) is 0.878. The third kappa shape index (κ3) is 3.00. The van der Waals surface area contributed by atoms with Crippen LogP contribution in [0.2, 0.25) is 0 Å². The first-order valence-electron chi connectivity index (χ1n) is 5.56. The normalized spacial score (nSPS) is 12.1. The van der Waals surface area contributed by atoms with Crippen molar-refractivity contribution in [3.8, 4) is 0 Å². The maximum atomic E-state index is 12.8. The van der Waals surface area contributed by atoms with Crippen LogP contribution in [0.15, 0.2) is 43.0 Å². The second-order valence-electron chi connectivity index (χ2n) is 3.78. The van der Waals surface area contributed by atoms with Gasteiger partial charge < -0.3 is 5.32 Å². The van der Waals surface area contributed by atoms with E-state index in [1.807, 2.05) is 0 Å². The number of hydrogen-bond acceptors (Lipinski definition) is 3. The molecule has 1 unspecified atom stereocenters. The molecule has 1 N–H and O–H groups in total. The van der Waals surface area contributed by atoms with E-state index in [9.17, 15) is 4.39 Å². The summed E-state index contributed by atoms with van der Waals surface area (Å²) < 4.78 is 12.8. The van der Waals surface area contributed by atoms with E-state index in [1.54, 1.807) is 24.5 Å². The first kappa shape index (κ1) is 11.5. The summed E-state index contributed by atoms with van der Waals surface area (Å²) in [6, 6.07) is 6.67. The van der Waals surface area contributed by atoms with Gasteiger partial charge in [0.1, 0.15) is 12.1 Å². The molecule has 0 spiro atoms. The zero-order chi connectivity index (χ0) is 12.1. The Kier molecular flexibility index (Phi) is 3.65. The van der Waals surface area contributed by atoms with E-state index in [-0.39, 0.29) is 11.9 Å². The van der Waals surface area contributed by atoms with Gasteiger partial charge in [-0.25, -0.2) is 14.4 Å². The number of anilines is 1. The van der Waals surface area contributed by atoms with E-state index >= 15 is 0 Å². The molecule has 17 heavy (non-hydrogen) atoms. The molecule has 2 rings (SSSR count). The number of nitrogens with one attached hydrogen (secondary N) is 1. The lowest BCUT2D eigenvalue weighted by Gasteiger charge is -2.18. The van der Waals surface area contributed by atoms with Crippen LogP contribution in [0, 0.1) is 5.82 Å². The van der Waals surface area contributed by atoms with Crippen molar-refractivity contribution in [3.05, 3.63) is 54.4 Å². The van der Waals surface area contributed by atoms with E-state index in [1.165, 1.54) is 18.5 Å². The standard InChI is InChI=1S/C13H14FN3/c1-2-13(10-3-5-11(14)6-4-10)17-12-7-15-9-16-8-12/h3-9,13,17H,2H2,1H3. The summed E-state index contributed by atoms with van der Waals surface area (Å²) in [6.45, 7) is 2.07. The molecule has 0 amide bonds. The molecule has 0 saturated heterocycles. The highest BCUT2D eigenvalue weighted by Gasteiger charge is 2.09. The van der Waals surface area contributed by atoms with Crippen LogP contribution in [-0.2, 0) is 0 Å². The van der Waals surface area contributed by atoms with Gasteiger partial charge in [0.25, 0.3) is 0 Å². The van der Waals surface area contributed by atoms with Crippen LogP contribution in [-0.4, -0.2) is 9.97 Å². The molecule has 2 aromatic rings. The molecule has 1 aromatic carbocycles. The summed E-state index contributed by atoms with van der Waals surface area (Å²) in [4.78, 5) is 7.89. The maximum Gasteiger partial charge on any atom is 0.123 e. The van der Waals surface area contributed by atoms with Gasteiger partial charge >= 0.3 is 0 Å². The van der Waals surface area contributed by atoms with Crippen LogP contribution in [0.3, 0.4) is 0 Å². The Labute approximate surface area is 99.7 Å². The van der Waals surface area contributed by atoms with Crippen molar-refractivity contribution in [1.29, 1.82) is 0 Å². The number of hydrogen-bond donors (Lipinski definition) is 1. The molecular formula is C13H14FN3. The average Bonchev–Trinajstić information content (AvgIpc) is 2.38. The van der Waals surface area contributed by atoms with Crippen LogP contribution in [0.4, 0.5) is 10.1 Å². The van der Waals surface area contributed by atoms with Gasteiger partial charge in [0.15, 0.2) is 0 Å². The van der Waals surface area contributed by atoms with Gasteiger partial charge in [0.05, 0.1) is 24.1 Å². The van der Waals surface area contributed by atoms with E-state index in [0.717, 1.165) is 17.7 Å². The van der Waals surface area contributed by atoms with Crippen molar-refractivity contribution in [3.63, 3.8) is 0 Å². The van der Waals surface area contributed by atoms with Crippen molar-refractivity contribution in [2.45, 2.75) is 19.4 Å². The summed E-state index contributed by atoms with van der Waals surface area (Å²) >= 11 is 0. The van der Waals surface area contributed by atoms with E-state index < -0.39 is 0 Å². The fraction of sp³-hybridized carbons (Fsp3) is 0.231. The molecule has 4 heteroatoms. The number of rotatable bonds is 4. The molecule has 88 valence electrons. The monoisotopic (exact) mass is 231 g/mol. The van der Waals surface area contributed by atoms with Crippen molar-refractivity contribution < 1.29 is 4.39 Å². The Bertz CT molecular complexity index is 456. The van der Waals surface area contributed by atoms with Gasteiger partial charge in [-0.1, -0.05) is 19.1 Å². The molecule has 1 atom stereocenters. The zero-order valence-corrected chi connectivity index (χ0v) is 9.60. The Morgan fingerprint density at radius 1 is 1.18 bits per heavy atom. The lowest BCUT2D eigenvalue weighted by Crippen LogP contribution is -2.10. The highest BCUT2D eigenvalue weighted by atomic mass is 19.1. The molecule has 1 aromatic heterocycles. The Morgan fingerprint density at radius 3 is 2.41 bits per heavy atom. The number of aromatic nitrogens is 2. The van der Waals surface area contributed by atoms with Gasteiger partial charge in [-0.2, -0.15) is 0 Å². The minimum absolute atomic E-state index is 0.140. The largest absolute Gasteiger partial charge is 0.376 e. The Morgan fingerprint density at radius 2 is 1.82 bits per heavy atom. The third-order valence-corrected chi connectivity index (χ3v) is 2.58. The third-order valence-electron chi connectivity index (χ3n) is 2.58. The lowest BCUT2D eigenvalue weighted by molar-refractivity contribution is 0.625. The smallest absolute Gasteiger partial charge is 0.123 e. The first-order chi connectivity index (χ1) is 8.29. The molecule has 3 nitrogen and oxygen atoms in total. The van der Waals surface area contributed by atoms with Crippen molar-refractivity contribution in [2.75, 3.05) is 5.32 Å². The highest BCUT2D eigenvalue weighted by Crippen LogP contribution is 2.21. The van der Waals surface area contributed by atoms with E-state index in [4.69, 9.17) is 0 Å². The summed E-state index contributed by atoms with van der Waals surface area (Å²) in [5.74, 6) is -0.216. The van der Waals surface area contributed by atoms with Gasteiger partial charge in [-0.05, 0) is 24.1 Å². The molecule has 0 aliphatic carbocycles. The molecule has 0 fully saturated rings. The topological polar surface area (TPSA) is 37.8 Å². The van der Waals surface area contributed by atoms with Crippen molar-refractivity contribution in [2.24, 2.45) is 0 Å². The van der Waals surface area contributed by atoms with Gasteiger partial charge in [-0.3, -0.25) is 0 Å². The summed E-state index contributed by atoms with van der Waals surface area (Å²) in [5, 5.41) is 3.32. The zero-order valence-electron chi connectivity index (χ0n) is 9.60. The van der Waals surface area contributed by atoms with Crippen molar-refractivity contribution in [1.82, 2.24) is 9.97 Å². The predicted octanol–water partition coefficient (Wildman–Crippen LogP) is 3.18. The Hall–Kier alpha value is -1.97. The summed E-state index contributed by atoms with van der Waals surface area (Å²) in [7, 11) is 0. The lowest BCUT2D eigenvalue weighted by atomic mass is 10.0. The number of halogens is 1. The maximum absolute atomic E-state index is 12.8. The minimum atomic E-state index is -0.216. The molecule has 0 aliphatic rings. The molecular weight excluding hydrogens is 217 g/mol. The molecule has 0 saturated carbocycles. The number of nitrogens with zero attached hydrogens (tertiary/aromatic N) is 2. The van der Waals surface area contributed by atoms with Crippen molar-refractivity contribution >= 4 is 5.69 Å². The van der Waals surface area contributed by atoms with Gasteiger partial charge in [0.2, 0.25) is 0 Å². The van der Waals surface area contributed by atoms with Crippen LogP contribution >= 0.6 is 0 Å². The first-order valence-corrected chi connectivity index (χ1v) is 5.56. The summed E-state index contributed by atoms with van der Waals surface area (Å²) in [6.07, 6.45) is 5.84. The van der Waals surface area contributed by atoms with E-state index in [2.05, 4.69) is 22.2 Å². The van der Waals surface area contributed by atoms with Crippen LogP contribution in [0.25, 0.3) is 0 Å². The predicted molar refractivity (Wildman–Crippen MR) is 65.1 cm³/mol. The SMILES string of the molecule is CCC(Nc1cncnc1)c1ccc(F)cc1. The summed E-state index contributed by atoms with van der Waals surface area (Å²) in [5.41, 5.74) is 1.92. The Balaban J connectivity index is 2.14. The molecule has 1 heterocycles. The van der Waals surface area contributed by atoms with Crippen LogP contribution in [0.1, 0.15) is 24.9 Å². The van der Waals surface area contributed by atoms with Crippen LogP contribution < -0.4 is 5.32 Å². The second kappa shape index (κ2) is 5.39. The minimum Gasteiger partial charge on any atom is -0.376 e. The number of benzene rings is 1. The average molecular weight is 231 g/mol. The fourth-order valence-corrected chi connectivity index (χ4v) is 1.69. The molecule has 0 radical (unpaired) electrons. The van der Waals surface area contributed by atoms with E-state index in [0.29, 0.717) is 0 Å². The van der Waals surface area contributed by atoms with Crippen LogP contribution in [0.5, 0.6) is 0 Å². The molecule has 0 aliphatic heterocycles.